The van der Waals surface area contributed by atoms with Crippen molar-refractivity contribution in [1.82, 2.24) is 24.4 Å². The van der Waals surface area contributed by atoms with Gasteiger partial charge in [0.1, 0.15) is 11.2 Å². The van der Waals surface area contributed by atoms with E-state index in [1.807, 2.05) is 31.2 Å². The summed E-state index contributed by atoms with van der Waals surface area (Å²) in [5, 5.41) is 11.5. The number of hydrogen-bond donors (Lipinski definition) is 1. The van der Waals surface area contributed by atoms with Crippen LogP contribution in [0.3, 0.4) is 0 Å². The number of nitrogens with zero attached hydrogens (tertiary/aromatic N) is 5. The molecule has 2 aromatic heterocycles. The third kappa shape index (κ3) is 3.72. The minimum atomic E-state index is -0.291. The van der Waals surface area contributed by atoms with Gasteiger partial charge in [-0.1, -0.05) is 35.1 Å². The number of benzene rings is 1. The highest BCUT2D eigenvalue weighted by molar-refractivity contribution is 7.08. The van der Waals surface area contributed by atoms with Crippen molar-refractivity contribution in [1.29, 1.82) is 0 Å². The van der Waals surface area contributed by atoms with Crippen LogP contribution in [0.15, 0.2) is 30.6 Å². The lowest BCUT2D eigenvalue weighted by atomic mass is 10.2. The minimum absolute atomic E-state index is 0.249. The van der Waals surface area contributed by atoms with Crippen molar-refractivity contribution >= 4 is 35.0 Å². The van der Waals surface area contributed by atoms with Crippen molar-refractivity contribution < 1.29 is 4.79 Å². The smallest absolute Gasteiger partial charge is 0.271 e. The summed E-state index contributed by atoms with van der Waals surface area (Å²) in [5.74, 6) is -0.0412. The van der Waals surface area contributed by atoms with Crippen LogP contribution in [0, 0.1) is 0 Å². The third-order valence-electron chi connectivity index (χ3n) is 3.12. The van der Waals surface area contributed by atoms with Gasteiger partial charge in [0.05, 0.1) is 12.2 Å². The first-order valence-electron chi connectivity index (χ1n) is 6.92. The summed E-state index contributed by atoms with van der Waals surface area (Å²) in [6.45, 7) is 2.47. The molecule has 0 saturated carbocycles. The molecule has 0 radical (unpaired) electrons. The third-order valence-corrected chi connectivity index (χ3v) is 4.14. The van der Waals surface area contributed by atoms with Crippen LogP contribution in [0.1, 0.15) is 27.9 Å². The summed E-state index contributed by atoms with van der Waals surface area (Å²) in [4.78, 5) is 16.8. The van der Waals surface area contributed by atoms with Gasteiger partial charge in [-0.15, -0.1) is 10.2 Å². The van der Waals surface area contributed by atoms with Gasteiger partial charge in [0.15, 0.2) is 0 Å². The van der Waals surface area contributed by atoms with Gasteiger partial charge in [-0.3, -0.25) is 10.1 Å². The maximum atomic E-state index is 12.2. The second kappa shape index (κ2) is 6.84. The highest BCUT2D eigenvalue weighted by Crippen LogP contribution is 2.14. The molecule has 1 amide bonds. The molecular weight excluding hydrogens is 336 g/mol. The number of carbonyl (C=O) groups excluding carboxylic acids is 1. The summed E-state index contributed by atoms with van der Waals surface area (Å²) in [6, 6.07) is 7.47. The van der Waals surface area contributed by atoms with Gasteiger partial charge in [0.25, 0.3) is 5.91 Å². The van der Waals surface area contributed by atoms with E-state index in [9.17, 15) is 4.79 Å². The van der Waals surface area contributed by atoms with E-state index in [4.69, 9.17) is 11.6 Å². The minimum Gasteiger partial charge on any atom is -0.288 e. The molecule has 0 aliphatic carbocycles. The maximum Gasteiger partial charge on any atom is 0.271 e. The Morgan fingerprint density at radius 3 is 2.87 bits per heavy atom. The number of carbonyl (C=O) groups is 1. The molecule has 3 aromatic rings. The first-order chi connectivity index (χ1) is 11.2. The van der Waals surface area contributed by atoms with E-state index in [0.29, 0.717) is 28.6 Å². The van der Waals surface area contributed by atoms with Crippen LogP contribution < -0.4 is 5.32 Å². The topological polar surface area (TPSA) is 85.6 Å². The van der Waals surface area contributed by atoms with E-state index >= 15 is 0 Å². The Balaban J connectivity index is 1.67. The summed E-state index contributed by atoms with van der Waals surface area (Å²) in [6.07, 6.45) is 2.22. The molecule has 0 saturated heterocycles. The van der Waals surface area contributed by atoms with Crippen LogP contribution in [0.25, 0.3) is 0 Å². The largest absolute Gasteiger partial charge is 0.288 e. The molecule has 0 atom stereocenters. The first-order valence-corrected chi connectivity index (χ1v) is 8.07. The zero-order chi connectivity index (χ0) is 16.2. The van der Waals surface area contributed by atoms with Crippen LogP contribution in [-0.2, 0) is 13.0 Å². The quantitative estimate of drug-likeness (QED) is 0.766. The van der Waals surface area contributed by atoms with Crippen molar-refractivity contribution in [3.05, 3.63) is 51.7 Å². The summed E-state index contributed by atoms with van der Waals surface area (Å²) in [5.41, 5.74) is 1.71. The van der Waals surface area contributed by atoms with Gasteiger partial charge < -0.3 is 0 Å². The second-order valence-electron chi connectivity index (χ2n) is 4.75. The van der Waals surface area contributed by atoms with E-state index in [2.05, 4.69) is 25.0 Å². The fourth-order valence-corrected chi connectivity index (χ4v) is 2.75. The molecule has 0 unspecified atom stereocenters. The van der Waals surface area contributed by atoms with Gasteiger partial charge in [-0.2, -0.15) is 0 Å². The Kier molecular flexibility index (Phi) is 4.63. The number of aryl methyl sites for hydroxylation is 1. The highest BCUT2D eigenvalue weighted by Gasteiger charge is 2.16. The van der Waals surface area contributed by atoms with Crippen molar-refractivity contribution in [3.8, 4) is 0 Å². The molecule has 1 aromatic carbocycles. The Morgan fingerprint density at radius 2 is 2.13 bits per heavy atom. The van der Waals surface area contributed by atoms with E-state index in [1.54, 1.807) is 11.0 Å². The van der Waals surface area contributed by atoms with Crippen LogP contribution >= 0.6 is 23.1 Å². The molecule has 0 aliphatic rings. The number of anilines is 1. The van der Waals surface area contributed by atoms with Gasteiger partial charge in [-0.05, 0) is 35.6 Å². The van der Waals surface area contributed by atoms with Crippen molar-refractivity contribution in [2.45, 2.75) is 19.9 Å². The number of hydrogen-bond acceptors (Lipinski definition) is 6. The molecule has 0 bridgehead atoms. The standard InChI is InChI=1S/C14H13ClN6OS/c1-2-11-12(23-20-18-11)13(22)17-14-16-8-21(19-14)7-9-3-5-10(15)6-4-9/h3-6,8H,2,7H2,1H3,(H,17,19,22). The SMILES string of the molecule is CCc1nnsc1C(=O)Nc1ncn(Cc2ccc(Cl)cc2)n1. The molecular formula is C14H13ClN6OS. The van der Waals surface area contributed by atoms with Crippen molar-refractivity contribution in [2.75, 3.05) is 5.32 Å². The average molecular weight is 349 g/mol. The predicted molar refractivity (Wildman–Crippen MR) is 87.8 cm³/mol. The maximum absolute atomic E-state index is 12.2. The normalized spacial score (nSPS) is 10.7. The molecule has 0 spiro atoms. The van der Waals surface area contributed by atoms with Gasteiger partial charge >= 0.3 is 0 Å². The van der Waals surface area contributed by atoms with Gasteiger partial charge in [0, 0.05) is 5.02 Å². The summed E-state index contributed by atoms with van der Waals surface area (Å²) in [7, 11) is 0. The zero-order valence-corrected chi connectivity index (χ0v) is 13.8. The lowest BCUT2D eigenvalue weighted by Crippen LogP contribution is -2.14. The van der Waals surface area contributed by atoms with Crippen LogP contribution in [0.2, 0.25) is 5.02 Å². The van der Waals surface area contributed by atoms with Crippen molar-refractivity contribution in [2.24, 2.45) is 0 Å². The number of aromatic nitrogens is 5. The Hall–Kier alpha value is -2.32. The molecule has 0 fully saturated rings. The van der Waals surface area contributed by atoms with Crippen LogP contribution in [0.5, 0.6) is 0 Å². The lowest BCUT2D eigenvalue weighted by molar-refractivity contribution is 0.102. The number of nitrogens with one attached hydrogen (secondary N) is 1. The molecule has 0 aliphatic heterocycles. The fraction of sp³-hybridized carbons (Fsp3) is 0.214. The Morgan fingerprint density at radius 1 is 1.35 bits per heavy atom. The number of halogens is 1. The van der Waals surface area contributed by atoms with Crippen LogP contribution in [-0.4, -0.2) is 30.3 Å². The second-order valence-corrected chi connectivity index (χ2v) is 5.94. The monoisotopic (exact) mass is 348 g/mol. The number of rotatable bonds is 5. The molecule has 1 N–H and O–H groups in total. The van der Waals surface area contributed by atoms with E-state index in [1.165, 1.54) is 0 Å². The predicted octanol–water partition coefficient (Wildman–Crippen LogP) is 2.65. The average Bonchev–Trinajstić information content (AvgIpc) is 3.18. The van der Waals surface area contributed by atoms with E-state index in [0.717, 1.165) is 17.1 Å². The molecule has 2 heterocycles. The Labute approximate surface area is 141 Å². The number of amides is 1. The van der Waals surface area contributed by atoms with E-state index in [-0.39, 0.29) is 11.9 Å². The molecule has 118 valence electrons. The van der Waals surface area contributed by atoms with Gasteiger partial charge in [0.2, 0.25) is 5.95 Å². The lowest BCUT2D eigenvalue weighted by Gasteiger charge is -2.01. The molecule has 9 heteroatoms. The Bertz CT molecular complexity index is 813. The summed E-state index contributed by atoms with van der Waals surface area (Å²) >= 11 is 6.92. The zero-order valence-electron chi connectivity index (χ0n) is 12.2. The highest BCUT2D eigenvalue weighted by atomic mass is 35.5. The van der Waals surface area contributed by atoms with Crippen LogP contribution in [0.4, 0.5) is 5.95 Å². The molecule has 23 heavy (non-hydrogen) atoms. The fourth-order valence-electron chi connectivity index (χ4n) is 1.98. The molecule has 3 rings (SSSR count). The van der Waals surface area contributed by atoms with Crippen molar-refractivity contribution in [3.63, 3.8) is 0 Å². The molecule has 7 nitrogen and oxygen atoms in total. The first kappa shape index (κ1) is 15.6. The van der Waals surface area contributed by atoms with E-state index < -0.39 is 0 Å². The summed E-state index contributed by atoms with van der Waals surface area (Å²) < 4.78 is 5.44. The van der Waals surface area contributed by atoms with Gasteiger partial charge in [-0.25, -0.2) is 9.67 Å².